The van der Waals surface area contributed by atoms with E-state index in [0.29, 0.717) is 5.75 Å². The van der Waals surface area contributed by atoms with Crippen LogP contribution in [0.3, 0.4) is 0 Å². The van der Waals surface area contributed by atoms with E-state index >= 15 is 0 Å². The van der Waals surface area contributed by atoms with E-state index in [0.717, 1.165) is 12.0 Å². The Morgan fingerprint density at radius 2 is 1.81 bits per heavy atom. The van der Waals surface area contributed by atoms with Gasteiger partial charge in [-0.25, -0.2) is 0 Å². The molecule has 0 heterocycles. The van der Waals surface area contributed by atoms with Gasteiger partial charge >= 0.3 is 0 Å². The monoisotopic (exact) mass is 212 g/mol. The standard InChI is InChI=1S/C15H16O/c1-11-6-7-14(12(2)8-11)9-13-4-3-5-15(16)10-13/h3-8,10,16H,9H2,1-2H3. The Kier molecular flexibility index (Phi) is 2.95. The fraction of sp³-hybridized carbons (Fsp3) is 0.200. The first kappa shape index (κ1) is 10.7. The molecule has 0 aliphatic rings. The Morgan fingerprint density at radius 3 is 2.50 bits per heavy atom. The lowest BCUT2D eigenvalue weighted by molar-refractivity contribution is 0.474. The Balaban J connectivity index is 2.27. The van der Waals surface area contributed by atoms with Gasteiger partial charge in [0.15, 0.2) is 0 Å². The van der Waals surface area contributed by atoms with Crippen molar-refractivity contribution in [2.45, 2.75) is 20.3 Å². The molecule has 0 saturated heterocycles. The van der Waals surface area contributed by atoms with Crippen LogP contribution in [0.15, 0.2) is 42.5 Å². The van der Waals surface area contributed by atoms with E-state index in [1.807, 2.05) is 18.2 Å². The van der Waals surface area contributed by atoms with Gasteiger partial charge in [0.25, 0.3) is 0 Å². The maximum Gasteiger partial charge on any atom is 0.115 e. The minimum Gasteiger partial charge on any atom is -0.508 e. The molecule has 0 atom stereocenters. The summed E-state index contributed by atoms with van der Waals surface area (Å²) in [6.07, 6.45) is 0.876. The van der Waals surface area contributed by atoms with Crippen molar-refractivity contribution in [2.75, 3.05) is 0 Å². The quantitative estimate of drug-likeness (QED) is 0.806. The smallest absolute Gasteiger partial charge is 0.115 e. The molecule has 82 valence electrons. The van der Waals surface area contributed by atoms with Crippen molar-refractivity contribution in [2.24, 2.45) is 0 Å². The minimum atomic E-state index is 0.335. The van der Waals surface area contributed by atoms with Crippen molar-refractivity contribution in [3.05, 3.63) is 64.7 Å². The molecule has 1 nitrogen and oxygen atoms in total. The normalized spacial score (nSPS) is 10.4. The summed E-state index contributed by atoms with van der Waals surface area (Å²) in [4.78, 5) is 0. The molecule has 0 radical (unpaired) electrons. The number of phenolic OH excluding ortho intramolecular Hbond substituents is 1. The van der Waals surface area contributed by atoms with Crippen LogP contribution in [0.1, 0.15) is 22.3 Å². The van der Waals surface area contributed by atoms with Crippen LogP contribution in [0.5, 0.6) is 5.75 Å². The van der Waals surface area contributed by atoms with Crippen LogP contribution in [0.2, 0.25) is 0 Å². The highest BCUT2D eigenvalue weighted by Crippen LogP contribution is 2.18. The van der Waals surface area contributed by atoms with E-state index in [1.165, 1.54) is 16.7 Å². The second-order valence-electron chi connectivity index (χ2n) is 4.28. The molecule has 2 aromatic carbocycles. The van der Waals surface area contributed by atoms with Gasteiger partial charge < -0.3 is 5.11 Å². The van der Waals surface area contributed by atoms with Crippen molar-refractivity contribution >= 4 is 0 Å². The predicted octanol–water partition coefficient (Wildman–Crippen LogP) is 3.60. The van der Waals surface area contributed by atoms with Gasteiger partial charge in [-0.3, -0.25) is 0 Å². The number of rotatable bonds is 2. The summed E-state index contributed by atoms with van der Waals surface area (Å²) >= 11 is 0. The summed E-state index contributed by atoms with van der Waals surface area (Å²) in [5.41, 5.74) is 5.06. The second kappa shape index (κ2) is 4.40. The maximum atomic E-state index is 9.40. The average molecular weight is 212 g/mol. The van der Waals surface area contributed by atoms with E-state index in [-0.39, 0.29) is 0 Å². The molecule has 2 rings (SSSR count). The van der Waals surface area contributed by atoms with Crippen molar-refractivity contribution in [1.82, 2.24) is 0 Å². The zero-order valence-corrected chi connectivity index (χ0v) is 9.70. The summed E-state index contributed by atoms with van der Waals surface area (Å²) in [7, 11) is 0. The third-order valence-electron chi connectivity index (χ3n) is 2.80. The summed E-state index contributed by atoms with van der Waals surface area (Å²) in [5.74, 6) is 0.335. The highest BCUT2D eigenvalue weighted by molar-refractivity contribution is 5.36. The minimum absolute atomic E-state index is 0.335. The van der Waals surface area contributed by atoms with Gasteiger partial charge in [-0.05, 0) is 49.1 Å². The lowest BCUT2D eigenvalue weighted by Crippen LogP contribution is -1.92. The molecule has 0 saturated carbocycles. The predicted molar refractivity (Wildman–Crippen MR) is 66.8 cm³/mol. The van der Waals surface area contributed by atoms with Crippen LogP contribution in [-0.4, -0.2) is 5.11 Å². The summed E-state index contributed by atoms with van der Waals surface area (Å²) < 4.78 is 0. The number of phenols is 1. The van der Waals surface area contributed by atoms with Crippen LogP contribution >= 0.6 is 0 Å². The average Bonchev–Trinajstić information content (AvgIpc) is 2.22. The third-order valence-corrected chi connectivity index (χ3v) is 2.80. The summed E-state index contributed by atoms with van der Waals surface area (Å²) in [6.45, 7) is 4.23. The lowest BCUT2D eigenvalue weighted by Gasteiger charge is -2.07. The van der Waals surface area contributed by atoms with Crippen LogP contribution in [-0.2, 0) is 6.42 Å². The second-order valence-corrected chi connectivity index (χ2v) is 4.28. The molecular weight excluding hydrogens is 196 g/mol. The number of aryl methyl sites for hydroxylation is 2. The highest BCUT2D eigenvalue weighted by Gasteiger charge is 2.01. The van der Waals surface area contributed by atoms with E-state index < -0.39 is 0 Å². The summed E-state index contributed by atoms with van der Waals surface area (Å²) in [5, 5.41) is 9.40. The molecule has 0 spiro atoms. The largest absolute Gasteiger partial charge is 0.508 e. The molecular formula is C15H16O. The molecule has 1 heteroatoms. The summed E-state index contributed by atoms with van der Waals surface area (Å²) in [6, 6.07) is 13.9. The molecule has 1 N–H and O–H groups in total. The Morgan fingerprint density at radius 1 is 1.00 bits per heavy atom. The molecule has 0 fully saturated rings. The maximum absolute atomic E-state index is 9.40. The van der Waals surface area contributed by atoms with Gasteiger partial charge in [0.05, 0.1) is 0 Å². The van der Waals surface area contributed by atoms with Crippen LogP contribution < -0.4 is 0 Å². The van der Waals surface area contributed by atoms with Crippen molar-refractivity contribution in [1.29, 1.82) is 0 Å². The topological polar surface area (TPSA) is 20.2 Å². The van der Waals surface area contributed by atoms with E-state index in [1.54, 1.807) is 6.07 Å². The lowest BCUT2D eigenvalue weighted by atomic mass is 9.99. The van der Waals surface area contributed by atoms with E-state index in [2.05, 4.69) is 32.0 Å². The van der Waals surface area contributed by atoms with Gasteiger partial charge in [-0.2, -0.15) is 0 Å². The van der Waals surface area contributed by atoms with Crippen LogP contribution in [0, 0.1) is 13.8 Å². The molecule has 0 aromatic heterocycles. The van der Waals surface area contributed by atoms with Gasteiger partial charge in [-0.1, -0.05) is 35.9 Å². The third kappa shape index (κ3) is 2.43. The SMILES string of the molecule is Cc1ccc(Cc2cccc(O)c2)c(C)c1. The van der Waals surface area contributed by atoms with Gasteiger partial charge in [0.2, 0.25) is 0 Å². The zero-order chi connectivity index (χ0) is 11.5. The Labute approximate surface area is 96.4 Å². The number of benzene rings is 2. The van der Waals surface area contributed by atoms with E-state index in [4.69, 9.17) is 0 Å². The number of hydrogen-bond acceptors (Lipinski definition) is 1. The molecule has 0 bridgehead atoms. The van der Waals surface area contributed by atoms with Gasteiger partial charge in [-0.15, -0.1) is 0 Å². The van der Waals surface area contributed by atoms with Crippen molar-refractivity contribution < 1.29 is 5.11 Å². The van der Waals surface area contributed by atoms with Crippen LogP contribution in [0.4, 0.5) is 0 Å². The Hall–Kier alpha value is -1.76. The zero-order valence-electron chi connectivity index (χ0n) is 9.70. The first-order valence-corrected chi connectivity index (χ1v) is 5.49. The first-order chi connectivity index (χ1) is 7.65. The molecule has 0 amide bonds. The van der Waals surface area contributed by atoms with E-state index in [9.17, 15) is 5.11 Å². The first-order valence-electron chi connectivity index (χ1n) is 5.49. The highest BCUT2D eigenvalue weighted by atomic mass is 16.3. The molecule has 0 aliphatic carbocycles. The van der Waals surface area contributed by atoms with Gasteiger partial charge in [0, 0.05) is 0 Å². The fourth-order valence-electron chi connectivity index (χ4n) is 1.93. The molecule has 16 heavy (non-hydrogen) atoms. The molecule has 0 aliphatic heterocycles. The number of aromatic hydroxyl groups is 1. The number of hydrogen-bond donors (Lipinski definition) is 1. The molecule has 0 unspecified atom stereocenters. The Bertz CT molecular complexity index is 501. The molecule has 2 aromatic rings. The van der Waals surface area contributed by atoms with Crippen molar-refractivity contribution in [3.8, 4) is 5.75 Å². The fourth-order valence-corrected chi connectivity index (χ4v) is 1.93. The van der Waals surface area contributed by atoms with Crippen LogP contribution in [0.25, 0.3) is 0 Å². The van der Waals surface area contributed by atoms with Gasteiger partial charge in [0.1, 0.15) is 5.75 Å². The van der Waals surface area contributed by atoms with Crippen molar-refractivity contribution in [3.63, 3.8) is 0 Å².